The van der Waals surface area contributed by atoms with Crippen LogP contribution in [0.2, 0.25) is 0 Å². The molecule has 0 amide bonds. The highest BCUT2D eigenvalue weighted by Crippen LogP contribution is 1.87. The van der Waals surface area contributed by atoms with Crippen molar-refractivity contribution in [2.24, 2.45) is 0 Å². The fraction of sp³-hybridized carbons (Fsp3) is 0.500. The molecule has 0 bridgehead atoms. The summed E-state index contributed by atoms with van der Waals surface area (Å²) in [5, 5.41) is 7.24. The zero-order valence-electron chi connectivity index (χ0n) is 2.69. The third kappa shape index (κ3) is 1.63. The van der Waals surface area contributed by atoms with Gasteiger partial charge in [-0.05, 0) is 0 Å². The van der Waals surface area contributed by atoms with E-state index < -0.39 is 12.4 Å². The van der Waals surface area contributed by atoms with Crippen molar-refractivity contribution in [3.63, 3.8) is 0 Å². The molecule has 0 rings (SSSR count). The van der Waals surface area contributed by atoms with E-state index in [-0.39, 0.29) is 0 Å². The largest absolute Gasteiger partial charge is 0.477 e. The average molecular weight is 98.0 g/mol. The van der Waals surface area contributed by atoms with Crippen LogP contribution in [0.5, 0.6) is 0 Å². The summed E-state index contributed by atoms with van der Waals surface area (Å²) < 4.78 is 21.1. The Balaban J connectivity index is 3.26. The molecule has 0 unspecified atom stereocenters. The van der Waals surface area contributed by atoms with E-state index in [2.05, 4.69) is 0 Å². The molecule has 0 saturated heterocycles. The third-order valence-electron chi connectivity index (χ3n) is 0.187. The molecule has 0 atom stereocenters. The van der Waals surface area contributed by atoms with Crippen LogP contribution in [0.1, 0.15) is 0 Å². The highest BCUT2D eigenvalue weighted by Gasteiger charge is 2.10. The van der Waals surface area contributed by atoms with Gasteiger partial charge in [0, 0.05) is 0 Å². The summed E-state index contributed by atoms with van der Waals surface area (Å²) >= 11 is 0. The van der Waals surface area contributed by atoms with Gasteiger partial charge >= 0.3 is 12.4 Å². The van der Waals surface area contributed by atoms with Crippen molar-refractivity contribution in [3.05, 3.63) is 0 Å². The van der Waals surface area contributed by atoms with Gasteiger partial charge in [-0.15, -0.1) is 0 Å². The number of rotatable bonds is 1. The van der Waals surface area contributed by atoms with Crippen molar-refractivity contribution in [2.45, 2.75) is 6.43 Å². The molecule has 0 radical (unpaired) electrons. The molecule has 0 heterocycles. The van der Waals surface area contributed by atoms with Crippen molar-refractivity contribution in [3.8, 4) is 0 Å². The Kier molecular flexibility index (Phi) is 1.50. The minimum Gasteiger partial charge on any atom is -0.477 e. The SMILES string of the molecule is O=[13C](O)[13CH](F)F. The molecule has 0 aliphatic carbocycles. The number of aliphatic carboxylic acids is 1. The van der Waals surface area contributed by atoms with Gasteiger partial charge in [0.15, 0.2) is 0 Å². The van der Waals surface area contributed by atoms with E-state index in [1.54, 1.807) is 0 Å². The first kappa shape index (κ1) is 5.33. The van der Waals surface area contributed by atoms with E-state index in [4.69, 9.17) is 9.90 Å². The number of carbonyl (C=O) groups is 1. The van der Waals surface area contributed by atoms with Crippen LogP contribution in [0.15, 0.2) is 0 Å². The second-order valence-electron chi connectivity index (χ2n) is 0.639. The summed E-state index contributed by atoms with van der Waals surface area (Å²) in [7, 11) is 0. The topological polar surface area (TPSA) is 37.3 Å². The van der Waals surface area contributed by atoms with E-state index in [0.717, 1.165) is 0 Å². The van der Waals surface area contributed by atoms with Crippen LogP contribution in [0.3, 0.4) is 0 Å². The maximum atomic E-state index is 10.6. The van der Waals surface area contributed by atoms with E-state index in [9.17, 15) is 8.78 Å². The Labute approximate surface area is 32.4 Å². The van der Waals surface area contributed by atoms with Gasteiger partial charge in [0.2, 0.25) is 0 Å². The van der Waals surface area contributed by atoms with Crippen LogP contribution in [-0.4, -0.2) is 17.5 Å². The smallest absolute Gasteiger partial charge is 0.371 e. The maximum absolute atomic E-state index is 10.6. The molecule has 0 spiro atoms. The molecule has 1 N–H and O–H groups in total. The Morgan fingerprint density at radius 3 is 1.83 bits per heavy atom. The number of hydrogen-bond acceptors (Lipinski definition) is 1. The number of hydrogen-bond donors (Lipinski definition) is 1. The van der Waals surface area contributed by atoms with Gasteiger partial charge in [0.25, 0.3) is 0 Å². The summed E-state index contributed by atoms with van der Waals surface area (Å²) in [4.78, 5) is 8.95. The Hall–Kier alpha value is -0.670. The van der Waals surface area contributed by atoms with E-state index in [1.807, 2.05) is 0 Å². The first-order valence-electron chi connectivity index (χ1n) is 1.15. The van der Waals surface area contributed by atoms with E-state index >= 15 is 0 Å². The van der Waals surface area contributed by atoms with Crippen molar-refractivity contribution < 1.29 is 18.7 Å². The minimum atomic E-state index is -3.23. The van der Waals surface area contributed by atoms with Gasteiger partial charge in [-0.2, -0.15) is 8.78 Å². The molecule has 0 aliphatic heterocycles. The number of carboxylic acids is 1. The molecule has 0 fully saturated rings. The monoisotopic (exact) mass is 98.0 g/mol. The third-order valence-corrected chi connectivity index (χ3v) is 0.187. The molecule has 0 aromatic carbocycles. The molecule has 0 aromatic heterocycles. The lowest BCUT2D eigenvalue weighted by Gasteiger charge is -1.81. The minimum absolute atomic E-state index is 2.07. The number of alkyl halides is 2. The van der Waals surface area contributed by atoms with Crippen LogP contribution >= 0.6 is 0 Å². The average Bonchev–Trinajstić information content (AvgIpc) is 1.36. The fourth-order valence-corrected chi connectivity index (χ4v) is 0. The maximum Gasteiger partial charge on any atom is 0.371 e. The first-order chi connectivity index (χ1) is 2.64. The second-order valence-corrected chi connectivity index (χ2v) is 0.639. The van der Waals surface area contributed by atoms with Gasteiger partial charge < -0.3 is 5.11 Å². The first-order valence-corrected chi connectivity index (χ1v) is 1.15. The summed E-state index contributed by atoms with van der Waals surface area (Å²) in [6, 6.07) is 0. The highest BCUT2D eigenvalue weighted by molar-refractivity contribution is 5.70. The molecular formula is C2H2F2O2. The Morgan fingerprint density at radius 2 is 1.83 bits per heavy atom. The van der Waals surface area contributed by atoms with Gasteiger partial charge in [-0.1, -0.05) is 0 Å². The van der Waals surface area contributed by atoms with Crippen LogP contribution in [0.4, 0.5) is 8.78 Å². The molecule has 0 saturated carbocycles. The zero-order chi connectivity index (χ0) is 5.15. The summed E-state index contributed by atoms with van der Waals surface area (Å²) in [6.07, 6.45) is -3.23. The number of carboxylic acid groups (broad SMARTS) is 1. The van der Waals surface area contributed by atoms with Crippen LogP contribution < -0.4 is 0 Å². The van der Waals surface area contributed by atoms with Crippen molar-refractivity contribution in [1.82, 2.24) is 0 Å². The van der Waals surface area contributed by atoms with Crippen molar-refractivity contribution in [1.29, 1.82) is 0 Å². The molecular weight excluding hydrogens is 96.0 g/mol. The van der Waals surface area contributed by atoms with Crippen molar-refractivity contribution >= 4 is 5.97 Å². The molecule has 36 valence electrons. The predicted octanol–water partition coefficient (Wildman–Crippen LogP) is 0.336. The quantitative estimate of drug-likeness (QED) is 0.480. The van der Waals surface area contributed by atoms with E-state index in [1.165, 1.54) is 0 Å². The predicted molar refractivity (Wildman–Crippen MR) is 13.6 cm³/mol. The summed E-state index contributed by atoms with van der Waals surface area (Å²) in [5.41, 5.74) is 0. The molecule has 0 aliphatic rings. The molecule has 0 aromatic rings. The number of halogens is 2. The molecule has 4 heteroatoms. The fourth-order valence-electron chi connectivity index (χ4n) is 0. The summed E-state index contributed by atoms with van der Waals surface area (Å²) in [6.45, 7) is 0. The summed E-state index contributed by atoms with van der Waals surface area (Å²) in [5.74, 6) is -2.07. The Morgan fingerprint density at radius 1 is 1.67 bits per heavy atom. The lowest BCUT2D eigenvalue weighted by Crippen LogP contribution is -2.06. The standard InChI is InChI=1S/C2H2F2O2/c3-1(4)2(5)6/h1H,(H,5,6)/i1+1,2+1. The van der Waals surface area contributed by atoms with Crippen LogP contribution in [-0.2, 0) is 4.79 Å². The highest BCUT2D eigenvalue weighted by atomic mass is 19.3. The van der Waals surface area contributed by atoms with Crippen LogP contribution in [0.25, 0.3) is 0 Å². The van der Waals surface area contributed by atoms with E-state index in [0.29, 0.717) is 0 Å². The van der Waals surface area contributed by atoms with Gasteiger partial charge in [-0.25, -0.2) is 4.79 Å². The van der Waals surface area contributed by atoms with Crippen molar-refractivity contribution in [2.75, 3.05) is 0 Å². The lowest BCUT2D eigenvalue weighted by molar-refractivity contribution is -0.149. The zero-order valence-corrected chi connectivity index (χ0v) is 2.69. The van der Waals surface area contributed by atoms with Gasteiger partial charge in [-0.3, -0.25) is 0 Å². The molecule has 6 heavy (non-hydrogen) atoms. The normalized spacial score (nSPS) is 9.17. The van der Waals surface area contributed by atoms with Gasteiger partial charge in [0.1, 0.15) is 0 Å². The lowest BCUT2D eigenvalue weighted by atomic mass is 11.7. The Bertz CT molecular complexity index is 60.6. The van der Waals surface area contributed by atoms with Gasteiger partial charge in [0.05, 0.1) is 0 Å². The van der Waals surface area contributed by atoms with Crippen LogP contribution in [0, 0.1) is 0 Å². The molecule has 2 nitrogen and oxygen atoms in total. The second kappa shape index (κ2) is 1.69.